The van der Waals surface area contributed by atoms with E-state index in [4.69, 9.17) is 4.74 Å². The van der Waals surface area contributed by atoms with Gasteiger partial charge in [-0.05, 0) is 32.5 Å². The molecule has 1 atom stereocenters. The normalized spacial score (nSPS) is 18.3. The summed E-state index contributed by atoms with van der Waals surface area (Å²) in [6, 6.07) is 0. The standard InChI is InChI=1S/C18H34N4O3S/c1-5-20(6-2)10-11-21(7-3)14-16-13-19-18(26(4,23)24)22(16)15-17-9-8-12-25-17/h13,17H,5-12,14-15H2,1-4H3/t17-/m0/s1. The van der Waals surface area contributed by atoms with E-state index in [1.54, 1.807) is 6.20 Å². The molecule has 2 rings (SSSR count). The van der Waals surface area contributed by atoms with Crippen LogP contribution in [0, 0.1) is 0 Å². The van der Waals surface area contributed by atoms with Crippen LogP contribution in [-0.4, -0.2) is 79.5 Å². The molecule has 1 saturated heterocycles. The summed E-state index contributed by atoms with van der Waals surface area (Å²) in [5.41, 5.74) is 0.947. The zero-order chi connectivity index (χ0) is 19.2. The van der Waals surface area contributed by atoms with Gasteiger partial charge in [-0.1, -0.05) is 20.8 Å². The Hall–Kier alpha value is -0.960. The number of hydrogen-bond acceptors (Lipinski definition) is 6. The second-order valence-electron chi connectivity index (χ2n) is 6.95. The molecular weight excluding hydrogens is 352 g/mol. The molecule has 1 fully saturated rings. The van der Waals surface area contributed by atoms with Crippen LogP contribution in [0.4, 0.5) is 0 Å². The Balaban J connectivity index is 2.14. The lowest BCUT2D eigenvalue weighted by Crippen LogP contribution is -2.35. The Labute approximate surface area is 158 Å². The minimum atomic E-state index is -3.36. The molecule has 1 aromatic heterocycles. The molecule has 0 amide bonds. The molecule has 26 heavy (non-hydrogen) atoms. The predicted molar refractivity (Wildman–Crippen MR) is 103 cm³/mol. The van der Waals surface area contributed by atoms with Gasteiger partial charge in [-0.25, -0.2) is 13.4 Å². The lowest BCUT2D eigenvalue weighted by atomic mass is 10.2. The molecule has 150 valence electrons. The van der Waals surface area contributed by atoms with E-state index >= 15 is 0 Å². The van der Waals surface area contributed by atoms with Crippen LogP contribution in [-0.2, 0) is 27.7 Å². The van der Waals surface area contributed by atoms with Crippen LogP contribution in [0.1, 0.15) is 39.3 Å². The molecule has 1 aromatic rings. The lowest BCUT2D eigenvalue weighted by Gasteiger charge is -2.26. The highest BCUT2D eigenvalue weighted by molar-refractivity contribution is 7.90. The van der Waals surface area contributed by atoms with Crippen LogP contribution in [0.3, 0.4) is 0 Å². The molecule has 0 spiro atoms. The van der Waals surface area contributed by atoms with Gasteiger partial charge in [-0.3, -0.25) is 4.90 Å². The fourth-order valence-corrected chi connectivity index (χ4v) is 4.24. The molecule has 8 heteroatoms. The second kappa shape index (κ2) is 9.82. The fourth-order valence-electron chi connectivity index (χ4n) is 3.40. The third-order valence-electron chi connectivity index (χ3n) is 5.10. The zero-order valence-corrected chi connectivity index (χ0v) is 17.5. The molecule has 1 aliphatic rings. The maximum absolute atomic E-state index is 12.1. The average molecular weight is 387 g/mol. The Kier molecular flexibility index (Phi) is 8.06. The molecule has 0 radical (unpaired) electrons. The van der Waals surface area contributed by atoms with Crippen molar-refractivity contribution in [3.05, 3.63) is 11.9 Å². The summed E-state index contributed by atoms with van der Waals surface area (Å²) in [4.78, 5) is 8.96. The Bertz CT molecular complexity index is 649. The third kappa shape index (κ3) is 5.77. The number of rotatable bonds is 11. The van der Waals surface area contributed by atoms with Gasteiger partial charge in [0.15, 0.2) is 0 Å². The highest BCUT2D eigenvalue weighted by atomic mass is 32.2. The first-order valence-corrected chi connectivity index (χ1v) is 11.6. The van der Waals surface area contributed by atoms with E-state index in [-0.39, 0.29) is 11.3 Å². The maximum Gasteiger partial charge on any atom is 0.227 e. The van der Waals surface area contributed by atoms with Gasteiger partial charge in [-0.15, -0.1) is 0 Å². The summed E-state index contributed by atoms with van der Waals surface area (Å²) >= 11 is 0. The van der Waals surface area contributed by atoms with E-state index in [0.717, 1.165) is 57.9 Å². The van der Waals surface area contributed by atoms with Gasteiger partial charge in [0.05, 0.1) is 24.5 Å². The lowest BCUT2D eigenvalue weighted by molar-refractivity contribution is 0.0931. The molecule has 0 unspecified atom stereocenters. The topological polar surface area (TPSA) is 67.7 Å². The largest absolute Gasteiger partial charge is 0.376 e. The first kappa shape index (κ1) is 21.3. The Morgan fingerprint density at radius 3 is 2.38 bits per heavy atom. The fraction of sp³-hybridized carbons (Fsp3) is 0.833. The number of ether oxygens (including phenoxy) is 1. The molecule has 0 bridgehead atoms. The zero-order valence-electron chi connectivity index (χ0n) is 16.6. The monoisotopic (exact) mass is 386 g/mol. The van der Waals surface area contributed by atoms with Crippen LogP contribution in [0.2, 0.25) is 0 Å². The van der Waals surface area contributed by atoms with E-state index in [1.165, 1.54) is 6.26 Å². The minimum absolute atomic E-state index is 0.0780. The first-order chi connectivity index (χ1) is 12.4. The van der Waals surface area contributed by atoms with E-state index in [0.29, 0.717) is 13.1 Å². The molecular formula is C18H34N4O3S. The van der Waals surface area contributed by atoms with Crippen molar-refractivity contribution in [2.24, 2.45) is 0 Å². The van der Waals surface area contributed by atoms with Gasteiger partial charge in [-0.2, -0.15) is 0 Å². The number of aromatic nitrogens is 2. The summed E-state index contributed by atoms with van der Waals surface area (Å²) in [5.74, 6) is 0. The smallest absolute Gasteiger partial charge is 0.227 e. The van der Waals surface area contributed by atoms with Gasteiger partial charge in [0, 0.05) is 32.5 Å². The van der Waals surface area contributed by atoms with Crippen molar-refractivity contribution in [1.29, 1.82) is 0 Å². The Morgan fingerprint density at radius 2 is 1.85 bits per heavy atom. The van der Waals surface area contributed by atoms with Crippen molar-refractivity contribution < 1.29 is 13.2 Å². The number of hydrogen-bond donors (Lipinski definition) is 0. The van der Waals surface area contributed by atoms with E-state index in [2.05, 4.69) is 35.6 Å². The minimum Gasteiger partial charge on any atom is -0.376 e. The van der Waals surface area contributed by atoms with Gasteiger partial charge < -0.3 is 14.2 Å². The van der Waals surface area contributed by atoms with E-state index in [1.807, 2.05) is 4.57 Å². The van der Waals surface area contributed by atoms with Crippen molar-refractivity contribution in [3.8, 4) is 0 Å². The highest BCUT2D eigenvalue weighted by Gasteiger charge is 2.24. The third-order valence-corrected chi connectivity index (χ3v) is 6.09. The van der Waals surface area contributed by atoms with Crippen LogP contribution in [0.25, 0.3) is 0 Å². The van der Waals surface area contributed by atoms with Gasteiger partial charge >= 0.3 is 0 Å². The molecule has 0 N–H and O–H groups in total. The molecule has 1 aliphatic heterocycles. The number of likely N-dealkylation sites (N-methyl/N-ethyl adjacent to an activating group) is 2. The predicted octanol–water partition coefficient (Wildman–Crippen LogP) is 1.63. The quantitative estimate of drug-likeness (QED) is 0.576. The highest BCUT2D eigenvalue weighted by Crippen LogP contribution is 2.20. The SMILES string of the molecule is CCN(CC)CCN(CC)Cc1cnc(S(C)(=O)=O)n1C[C@@H]1CCCO1. The summed E-state index contributed by atoms with van der Waals surface area (Å²) < 4.78 is 31.9. The van der Waals surface area contributed by atoms with Crippen molar-refractivity contribution in [2.75, 3.05) is 45.6 Å². The molecule has 0 aliphatic carbocycles. The number of nitrogens with zero attached hydrogens (tertiary/aromatic N) is 4. The second-order valence-corrected chi connectivity index (χ2v) is 8.86. The van der Waals surface area contributed by atoms with Gasteiger partial charge in [0.2, 0.25) is 15.0 Å². The van der Waals surface area contributed by atoms with E-state index in [9.17, 15) is 8.42 Å². The van der Waals surface area contributed by atoms with E-state index < -0.39 is 9.84 Å². The molecule has 7 nitrogen and oxygen atoms in total. The average Bonchev–Trinajstić information content (AvgIpc) is 3.25. The van der Waals surface area contributed by atoms with Crippen LogP contribution >= 0.6 is 0 Å². The number of imidazole rings is 1. The van der Waals surface area contributed by atoms with Crippen LogP contribution in [0.5, 0.6) is 0 Å². The summed E-state index contributed by atoms with van der Waals surface area (Å²) in [6.45, 7) is 13.5. The van der Waals surface area contributed by atoms with Crippen LogP contribution < -0.4 is 0 Å². The summed E-state index contributed by atoms with van der Waals surface area (Å²) in [6.07, 6.45) is 5.03. The summed E-state index contributed by atoms with van der Waals surface area (Å²) in [7, 11) is -3.36. The van der Waals surface area contributed by atoms with Crippen molar-refractivity contribution in [1.82, 2.24) is 19.4 Å². The Morgan fingerprint density at radius 1 is 1.19 bits per heavy atom. The molecule has 0 saturated carbocycles. The summed E-state index contributed by atoms with van der Waals surface area (Å²) in [5, 5.41) is 0.155. The van der Waals surface area contributed by atoms with Crippen molar-refractivity contribution >= 4 is 9.84 Å². The van der Waals surface area contributed by atoms with Crippen molar-refractivity contribution in [3.63, 3.8) is 0 Å². The van der Waals surface area contributed by atoms with Crippen LogP contribution in [0.15, 0.2) is 11.4 Å². The van der Waals surface area contributed by atoms with Gasteiger partial charge in [0.25, 0.3) is 0 Å². The maximum atomic E-state index is 12.1. The van der Waals surface area contributed by atoms with Crippen molar-refractivity contribution in [2.45, 2.75) is 58.0 Å². The molecule has 2 heterocycles. The number of sulfone groups is 1. The van der Waals surface area contributed by atoms with Gasteiger partial charge in [0.1, 0.15) is 0 Å². The first-order valence-electron chi connectivity index (χ1n) is 9.69. The molecule has 0 aromatic carbocycles.